The van der Waals surface area contributed by atoms with Gasteiger partial charge in [-0.2, -0.15) is 5.10 Å². The number of rotatable bonds is 3. The minimum absolute atomic E-state index is 0.260. The predicted octanol–water partition coefficient (Wildman–Crippen LogP) is 3.44. The van der Waals surface area contributed by atoms with Gasteiger partial charge >= 0.3 is 0 Å². The van der Waals surface area contributed by atoms with Gasteiger partial charge in [0.15, 0.2) is 0 Å². The van der Waals surface area contributed by atoms with E-state index in [-0.39, 0.29) is 11.8 Å². The molecule has 1 heterocycles. The van der Waals surface area contributed by atoms with Crippen molar-refractivity contribution in [3.05, 3.63) is 83.2 Å². The highest BCUT2D eigenvalue weighted by Gasteiger charge is 2.17. The van der Waals surface area contributed by atoms with Crippen molar-refractivity contribution in [3.8, 4) is 0 Å². The first-order valence-corrected chi connectivity index (χ1v) is 7.59. The third kappa shape index (κ3) is 3.10. The van der Waals surface area contributed by atoms with Gasteiger partial charge in [0.05, 0.1) is 16.9 Å². The molecule has 5 heteroatoms. The third-order valence-electron chi connectivity index (χ3n) is 3.64. The number of carbonyl (C=O) groups is 2. The van der Waals surface area contributed by atoms with Crippen LogP contribution in [0.1, 0.15) is 32.1 Å². The molecule has 24 heavy (non-hydrogen) atoms. The molecule has 0 fully saturated rings. The van der Waals surface area contributed by atoms with Crippen molar-refractivity contribution < 1.29 is 9.59 Å². The summed E-state index contributed by atoms with van der Waals surface area (Å²) in [4.78, 5) is 25.1. The lowest BCUT2D eigenvalue weighted by molar-refractivity contribution is 0.0943. The van der Waals surface area contributed by atoms with Gasteiger partial charge in [0.2, 0.25) is 0 Å². The third-order valence-corrected chi connectivity index (χ3v) is 3.64. The fourth-order valence-corrected chi connectivity index (χ4v) is 2.51. The lowest BCUT2D eigenvalue weighted by Gasteiger charge is -2.11. The fraction of sp³-hybridized carbons (Fsp3) is 0.105. The Kier molecular flexibility index (Phi) is 4.24. The molecule has 3 aromatic rings. The number of amides is 1. The van der Waals surface area contributed by atoms with Gasteiger partial charge in [0.1, 0.15) is 0 Å². The summed E-state index contributed by atoms with van der Waals surface area (Å²) < 4.78 is 1.35. The molecule has 0 spiro atoms. The maximum absolute atomic E-state index is 12.8. The van der Waals surface area contributed by atoms with E-state index >= 15 is 0 Å². The molecule has 1 aromatic heterocycles. The van der Waals surface area contributed by atoms with Crippen LogP contribution in [0.15, 0.2) is 60.7 Å². The molecule has 0 saturated carbocycles. The molecular weight excluding hydrogens is 302 g/mol. The van der Waals surface area contributed by atoms with Gasteiger partial charge in [-0.15, -0.1) is 0 Å². The normalized spacial score (nSPS) is 10.4. The zero-order chi connectivity index (χ0) is 17.1. The van der Waals surface area contributed by atoms with Gasteiger partial charge < -0.3 is 5.32 Å². The summed E-state index contributed by atoms with van der Waals surface area (Å²) in [6.07, 6.45) is 0. The number of nitrogens with zero attached hydrogens (tertiary/aromatic N) is 2. The summed E-state index contributed by atoms with van der Waals surface area (Å²) in [6, 6.07) is 17.6. The zero-order valence-corrected chi connectivity index (χ0v) is 13.5. The van der Waals surface area contributed by atoms with Crippen LogP contribution >= 0.6 is 0 Å². The van der Waals surface area contributed by atoms with Gasteiger partial charge in [-0.05, 0) is 44.2 Å². The minimum atomic E-state index is -0.274. The zero-order valence-electron chi connectivity index (χ0n) is 13.5. The van der Waals surface area contributed by atoms with E-state index in [1.807, 2.05) is 26.0 Å². The van der Waals surface area contributed by atoms with E-state index in [1.165, 1.54) is 4.68 Å². The molecule has 0 radical (unpaired) electrons. The first-order chi connectivity index (χ1) is 11.6. The van der Waals surface area contributed by atoms with Crippen molar-refractivity contribution in [2.45, 2.75) is 13.8 Å². The molecule has 0 aliphatic heterocycles. The SMILES string of the molecule is Cc1cc(C)n(C(=O)c2ccccc2NC(=O)c2ccccc2)n1. The van der Waals surface area contributed by atoms with Gasteiger partial charge in [0, 0.05) is 11.3 Å². The second-order valence-corrected chi connectivity index (χ2v) is 5.51. The summed E-state index contributed by atoms with van der Waals surface area (Å²) in [5.41, 5.74) is 2.91. The van der Waals surface area contributed by atoms with Crippen LogP contribution in [-0.2, 0) is 0 Å². The average molecular weight is 319 g/mol. The summed E-state index contributed by atoms with van der Waals surface area (Å²) in [6.45, 7) is 3.66. The number of carbonyl (C=O) groups excluding carboxylic acids is 2. The number of hydrogen-bond donors (Lipinski definition) is 1. The average Bonchev–Trinajstić information content (AvgIpc) is 2.94. The highest BCUT2D eigenvalue weighted by Crippen LogP contribution is 2.18. The van der Waals surface area contributed by atoms with Crippen LogP contribution in [0.3, 0.4) is 0 Å². The molecule has 5 nitrogen and oxygen atoms in total. The lowest BCUT2D eigenvalue weighted by Crippen LogP contribution is -2.19. The number of hydrogen-bond acceptors (Lipinski definition) is 3. The van der Waals surface area contributed by atoms with Crippen LogP contribution in [0.25, 0.3) is 0 Å². The van der Waals surface area contributed by atoms with Crippen LogP contribution < -0.4 is 5.32 Å². The smallest absolute Gasteiger partial charge is 0.280 e. The molecule has 0 aliphatic carbocycles. The van der Waals surface area contributed by atoms with Crippen molar-refractivity contribution >= 4 is 17.5 Å². The number of nitrogens with one attached hydrogen (secondary N) is 1. The van der Waals surface area contributed by atoms with E-state index < -0.39 is 0 Å². The van der Waals surface area contributed by atoms with Crippen molar-refractivity contribution in [3.63, 3.8) is 0 Å². The second-order valence-electron chi connectivity index (χ2n) is 5.51. The summed E-state index contributed by atoms with van der Waals surface area (Å²) >= 11 is 0. The topological polar surface area (TPSA) is 64.0 Å². The fourth-order valence-electron chi connectivity index (χ4n) is 2.51. The highest BCUT2D eigenvalue weighted by atomic mass is 16.2. The molecule has 1 N–H and O–H groups in total. The monoisotopic (exact) mass is 319 g/mol. The number of para-hydroxylation sites is 1. The minimum Gasteiger partial charge on any atom is -0.321 e. The molecule has 3 rings (SSSR count). The summed E-state index contributed by atoms with van der Waals surface area (Å²) in [7, 11) is 0. The number of aryl methyl sites for hydroxylation is 2. The Morgan fingerprint density at radius 3 is 2.29 bits per heavy atom. The van der Waals surface area contributed by atoms with E-state index in [1.54, 1.807) is 48.5 Å². The molecule has 2 aromatic carbocycles. The van der Waals surface area contributed by atoms with E-state index in [0.717, 1.165) is 11.4 Å². The Balaban J connectivity index is 1.92. The summed E-state index contributed by atoms with van der Waals surface area (Å²) in [5, 5.41) is 7.02. The Morgan fingerprint density at radius 2 is 1.62 bits per heavy atom. The van der Waals surface area contributed by atoms with Crippen LogP contribution in [0.4, 0.5) is 5.69 Å². The molecule has 0 saturated heterocycles. The largest absolute Gasteiger partial charge is 0.321 e. The Hall–Kier alpha value is -3.21. The predicted molar refractivity (Wildman–Crippen MR) is 92.3 cm³/mol. The van der Waals surface area contributed by atoms with Gasteiger partial charge in [-0.1, -0.05) is 30.3 Å². The molecule has 0 unspecified atom stereocenters. The Morgan fingerprint density at radius 1 is 0.958 bits per heavy atom. The van der Waals surface area contributed by atoms with Crippen molar-refractivity contribution in [1.29, 1.82) is 0 Å². The molecule has 120 valence electrons. The maximum atomic E-state index is 12.8. The number of anilines is 1. The number of benzene rings is 2. The van der Waals surface area contributed by atoms with Crippen LogP contribution in [0.2, 0.25) is 0 Å². The molecule has 0 bridgehead atoms. The quantitative estimate of drug-likeness (QED) is 0.804. The molecular formula is C19H17N3O2. The van der Waals surface area contributed by atoms with E-state index in [9.17, 15) is 9.59 Å². The lowest BCUT2D eigenvalue weighted by atomic mass is 10.1. The molecule has 1 amide bonds. The highest BCUT2D eigenvalue weighted by molar-refractivity contribution is 6.09. The van der Waals surface area contributed by atoms with Crippen molar-refractivity contribution in [1.82, 2.24) is 9.78 Å². The van der Waals surface area contributed by atoms with E-state index in [0.29, 0.717) is 16.8 Å². The second kappa shape index (κ2) is 6.50. The van der Waals surface area contributed by atoms with Crippen molar-refractivity contribution in [2.75, 3.05) is 5.32 Å². The van der Waals surface area contributed by atoms with Gasteiger partial charge in [0.25, 0.3) is 11.8 Å². The van der Waals surface area contributed by atoms with E-state index in [4.69, 9.17) is 0 Å². The Bertz CT molecular complexity index is 898. The van der Waals surface area contributed by atoms with Gasteiger partial charge in [-0.3, -0.25) is 9.59 Å². The number of aromatic nitrogens is 2. The Labute approximate surface area is 139 Å². The molecule has 0 atom stereocenters. The van der Waals surface area contributed by atoms with Crippen LogP contribution in [0, 0.1) is 13.8 Å². The van der Waals surface area contributed by atoms with Crippen molar-refractivity contribution in [2.24, 2.45) is 0 Å². The standard InChI is InChI=1S/C19H17N3O2/c1-13-12-14(2)22(21-13)19(24)16-10-6-7-11-17(16)20-18(23)15-8-4-3-5-9-15/h3-12H,1-2H3,(H,20,23). The van der Waals surface area contributed by atoms with Crippen LogP contribution in [-0.4, -0.2) is 21.6 Å². The first kappa shape index (κ1) is 15.7. The van der Waals surface area contributed by atoms with Crippen LogP contribution in [0.5, 0.6) is 0 Å². The maximum Gasteiger partial charge on any atom is 0.280 e. The van der Waals surface area contributed by atoms with Gasteiger partial charge in [-0.25, -0.2) is 4.68 Å². The summed E-state index contributed by atoms with van der Waals surface area (Å²) in [5.74, 6) is -0.534. The van der Waals surface area contributed by atoms with E-state index in [2.05, 4.69) is 10.4 Å². The first-order valence-electron chi connectivity index (χ1n) is 7.59. The molecule has 0 aliphatic rings.